The van der Waals surface area contributed by atoms with Crippen LogP contribution in [0.3, 0.4) is 0 Å². The van der Waals surface area contributed by atoms with Crippen LogP contribution in [0.4, 0.5) is 13.6 Å². The molecule has 2 rings (SSSR count). The zero-order valence-electron chi connectivity index (χ0n) is 15.4. The predicted molar refractivity (Wildman–Crippen MR) is 109 cm³/mol. The van der Waals surface area contributed by atoms with Crippen molar-refractivity contribution in [3.63, 3.8) is 0 Å². The molecular formula is C17H25F2IN4O3. The van der Waals surface area contributed by atoms with Crippen LogP contribution in [0.25, 0.3) is 0 Å². The van der Waals surface area contributed by atoms with Crippen molar-refractivity contribution >= 4 is 36.0 Å². The van der Waals surface area contributed by atoms with Gasteiger partial charge in [-0.2, -0.15) is 8.78 Å². The fourth-order valence-electron chi connectivity index (χ4n) is 2.66. The lowest BCUT2D eigenvalue weighted by Crippen LogP contribution is -2.53. The van der Waals surface area contributed by atoms with Crippen molar-refractivity contribution in [2.45, 2.75) is 20.1 Å². The van der Waals surface area contributed by atoms with Gasteiger partial charge in [0.15, 0.2) is 5.96 Å². The van der Waals surface area contributed by atoms with Gasteiger partial charge in [0, 0.05) is 39.8 Å². The molecule has 0 atom stereocenters. The Kier molecular flexibility index (Phi) is 10.1. The van der Waals surface area contributed by atoms with E-state index in [-0.39, 0.29) is 35.8 Å². The highest BCUT2D eigenvalue weighted by atomic mass is 127. The average Bonchev–Trinajstić information content (AvgIpc) is 2.63. The topological polar surface area (TPSA) is 66.4 Å². The van der Waals surface area contributed by atoms with E-state index in [0.29, 0.717) is 45.3 Å². The first-order valence-electron chi connectivity index (χ1n) is 8.44. The first-order valence-corrected chi connectivity index (χ1v) is 8.44. The fraction of sp³-hybridized carbons (Fsp3) is 0.529. The van der Waals surface area contributed by atoms with Crippen molar-refractivity contribution in [2.24, 2.45) is 4.99 Å². The summed E-state index contributed by atoms with van der Waals surface area (Å²) in [4.78, 5) is 19.7. The highest BCUT2D eigenvalue weighted by Crippen LogP contribution is 2.16. The van der Waals surface area contributed by atoms with Gasteiger partial charge in [-0.05, 0) is 24.6 Å². The number of alkyl halides is 2. The molecule has 0 spiro atoms. The summed E-state index contributed by atoms with van der Waals surface area (Å²) >= 11 is 0. The lowest BCUT2D eigenvalue weighted by molar-refractivity contribution is -0.0498. The Labute approximate surface area is 174 Å². The summed E-state index contributed by atoms with van der Waals surface area (Å²) in [5.41, 5.74) is 0.800. The Bertz CT molecular complexity index is 626. The summed E-state index contributed by atoms with van der Waals surface area (Å²) in [5.74, 6) is 0.811. The number of rotatable bonds is 5. The van der Waals surface area contributed by atoms with Crippen LogP contribution in [0.1, 0.15) is 12.5 Å². The van der Waals surface area contributed by atoms with Crippen molar-refractivity contribution < 1.29 is 23.0 Å². The third kappa shape index (κ3) is 7.35. The number of amides is 1. The van der Waals surface area contributed by atoms with Crippen LogP contribution in [0.5, 0.6) is 5.75 Å². The van der Waals surface area contributed by atoms with Crippen molar-refractivity contribution in [1.82, 2.24) is 15.1 Å². The van der Waals surface area contributed by atoms with Crippen molar-refractivity contribution in [2.75, 3.05) is 39.8 Å². The Morgan fingerprint density at radius 2 is 1.93 bits per heavy atom. The average molecular weight is 498 g/mol. The molecule has 0 unspecified atom stereocenters. The van der Waals surface area contributed by atoms with Crippen LogP contribution in [-0.4, -0.2) is 68.3 Å². The lowest BCUT2D eigenvalue weighted by atomic mass is 10.2. The van der Waals surface area contributed by atoms with Crippen LogP contribution in [-0.2, 0) is 11.3 Å². The van der Waals surface area contributed by atoms with E-state index in [1.165, 1.54) is 6.07 Å². The summed E-state index contributed by atoms with van der Waals surface area (Å²) < 4.78 is 34.0. The van der Waals surface area contributed by atoms with Crippen LogP contribution in [0.15, 0.2) is 29.3 Å². The van der Waals surface area contributed by atoms with Gasteiger partial charge in [0.25, 0.3) is 0 Å². The number of nitrogens with one attached hydrogen (secondary N) is 1. The Balaban J connectivity index is 0.00000364. The molecule has 1 heterocycles. The quantitative estimate of drug-likeness (QED) is 0.385. The Hall–Kier alpha value is -1.85. The van der Waals surface area contributed by atoms with Gasteiger partial charge in [-0.1, -0.05) is 12.1 Å². The highest BCUT2D eigenvalue weighted by molar-refractivity contribution is 14.0. The second-order valence-electron chi connectivity index (χ2n) is 5.60. The van der Waals surface area contributed by atoms with Crippen molar-refractivity contribution in [3.8, 4) is 5.75 Å². The molecule has 152 valence electrons. The molecule has 1 aromatic carbocycles. The molecule has 0 bridgehead atoms. The van der Waals surface area contributed by atoms with E-state index in [4.69, 9.17) is 4.74 Å². The first-order chi connectivity index (χ1) is 12.5. The van der Waals surface area contributed by atoms with E-state index >= 15 is 0 Å². The number of carbonyl (C=O) groups excluding carboxylic acids is 1. The van der Waals surface area contributed by atoms with Crippen LogP contribution >= 0.6 is 24.0 Å². The first kappa shape index (κ1) is 23.2. The zero-order chi connectivity index (χ0) is 18.9. The molecule has 0 aliphatic carbocycles. The third-order valence-electron chi connectivity index (χ3n) is 3.89. The van der Waals surface area contributed by atoms with Crippen molar-refractivity contribution in [3.05, 3.63) is 29.8 Å². The van der Waals surface area contributed by atoms with Crippen LogP contribution < -0.4 is 10.1 Å². The molecule has 27 heavy (non-hydrogen) atoms. The van der Waals surface area contributed by atoms with Gasteiger partial charge >= 0.3 is 12.7 Å². The van der Waals surface area contributed by atoms with E-state index < -0.39 is 6.61 Å². The van der Waals surface area contributed by atoms with Gasteiger partial charge in [0.1, 0.15) is 5.75 Å². The zero-order valence-corrected chi connectivity index (χ0v) is 17.7. The van der Waals surface area contributed by atoms with Gasteiger partial charge in [-0.15, -0.1) is 24.0 Å². The van der Waals surface area contributed by atoms with E-state index in [9.17, 15) is 13.6 Å². The highest BCUT2D eigenvalue weighted by Gasteiger charge is 2.23. The minimum Gasteiger partial charge on any atom is -0.450 e. The SMILES string of the molecule is CCOC(=O)N1CCN(C(=NC)NCc2cccc(OC(F)F)c2)CC1.I. The van der Waals surface area contributed by atoms with Crippen LogP contribution in [0.2, 0.25) is 0 Å². The van der Waals surface area contributed by atoms with Gasteiger partial charge in [0.2, 0.25) is 0 Å². The molecule has 0 aromatic heterocycles. The summed E-state index contributed by atoms with van der Waals surface area (Å²) in [5, 5.41) is 3.20. The summed E-state index contributed by atoms with van der Waals surface area (Å²) in [6.45, 7) is 2.08. The summed E-state index contributed by atoms with van der Waals surface area (Å²) in [6.07, 6.45) is -0.300. The third-order valence-corrected chi connectivity index (χ3v) is 3.89. The molecule has 1 aromatic rings. The van der Waals surface area contributed by atoms with Crippen molar-refractivity contribution in [1.29, 1.82) is 0 Å². The molecule has 1 saturated heterocycles. The van der Waals surface area contributed by atoms with Crippen LogP contribution in [0, 0.1) is 0 Å². The number of piperazine rings is 1. The van der Waals surface area contributed by atoms with E-state index in [1.54, 1.807) is 31.0 Å². The predicted octanol–water partition coefficient (Wildman–Crippen LogP) is 2.76. The molecule has 1 aliphatic rings. The van der Waals surface area contributed by atoms with Gasteiger partial charge in [-0.25, -0.2) is 4.79 Å². The number of aliphatic imine (C=N–C) groups is 1. The standard InChI is InChI=1S/C17H24F2N4O3.HI/c1-3-25-17(24)23-9-7-22(8-10-23)16(20-2)21-12-13-5-4-6-14(11-13)26-15(18)19;/h4-6,11,15H,3,7-10,12H2,1-2H3,(H,20,21);1H. The number of guanidine groups is 1. The summed E-state index contributed by atoms with van der Waals surface area (Å²) in [7, 11) is 1.68. The maximum absolute atomic E-state index is 12.3. The normalized spacial score (nSPS) is 14.6. The van der Waals surface area contributed by atoms with Gasteiger partial charge in [0.05, 0.1) is 6.61 Å². The molecule has 10 heteroatoms. The molecule has 7 nitrogen and oxygen atoms in total. The van der Waals surface area contributed by atoms with E-state index in [1.807, 2.05) is 11.0 Å². The van der Waals surface area contributed by atoms with E-state index in [0.717, 1.165) is 5.56 Å². The smallest absolute Gasteiger partial charge is 0.409 e. The number of nitrogens with zero attached hydrogens (tertiary/aromatic N) is 3. The van der Waals surface area contributed by atoms with Gasteiger partial charge < -0.3 is 24.6 Å². The second kappa shape index (κ2) is 11.8. The molecule has 0 radical (unpaired) electrons. The van der Waals surface area contributed by atoms with E-state index in [2.05, 4.69) is 15.0 Å². The number of halogens is 3. The second-order valence-corrected chi connectivity index (χ2v) is 5.60. The minimum atomic E-state index is -2.85. The van der Waals surface area contributed by atoms with Gasteiger partial charge in [-0.3, -0.25) is 4.99 Å². The Morgan fingerprint density at radius 1 is 1.26 bits per heavy atom. The molecule has 1 N–H and O–H groups in total. The number of carbonyl (C=O) groups is 1. The molecule has 0 saturated carbocycles. The maximum atomic E-state index is 12.3. The fourth-order valence-corrected chi connectivity index (χ4v) is 2.66. The maximum Gasteiger partial charge on any atom is 0.409 e. The molecule has 1 fully saturated rings. The molecule has 1 amide bonds. The minimum absolute atomic E-state index is 0. The number of benzene rings is 1. The largest absolute Gasteiger partial charge is 0.450 e. The Morgan fingerprint density at radius 3 is 2.52 bits per heavy atom. The number of hydrogen-bond donors (Lipinski definition) is 1. The lowest BCUT2D eigenvalue weighted by Gasteiger charge is -2.35. The number of hydrogen-bond acceptors (Lipinski definition) is 4. The monoisotopic (exact) mass is 498 g/mol. The summed E-state index contributed by atoms with van der Waals surface area (Å²) in [6, 6.07) is 6.52. The number of ether oxygens (including phenoxy) is 2. The molecular weight excluding hydrogens is 473 g/mol. The molecule has 1 aliphatic heterocycles.